The fraction of sp³-hybridized carbons (Fsp3) is 0.280. The zero-order valence-electron chi connectivity index (χ0n) is 19.3. The molecule has 0 unspecified atom stereocenters. The number of aryl methyl sites for hydroxylation is 1. The highest BCUT2D eigenvalue weighted by Crippen LogP contribution is 2.21. The van der Waals surface area contributed by atoms with Crippen LogP contribution in [0.2, 0.25) is 0 Å². The number of methoxy groups -OCH3 is 1. The van der Waals surface area contributed by atoms with E-state index in [-0.39, 0.29) is 18.3 Å². The number of amides is 1. The summed E-state index contributed by atoms with van der Waals surface area (Å²) in [7, 11) is 1.30. The molecular formula is C25H28N4O4S. The first-order chi connectivity index (χ1) is 16.5. The number of hydrogen-bond acceptors (Lipinski definition) is 7. The summed E-state index contributed by atoms with van der Waals surface area (Å²) in [6.45, 7) is 6.67. The van der Waals surface area contributed by atoms with Crippen LogP contribution in [0, 0.1) is 0 Å². The number of carbonyl (C=O) groups is 2. The minimum absolute atomic E-state index is 0.0878. The number of anilines is 1. The van der Waals surface area contributed by atoms with Crippen LogP contribution in [0.3, 0.4) is 0 Å². The van der Waals surface area contributed by atoms with Gasteiger partial charge in [0.1, 0.15) is 12.4 Å². The number of rotatable bonds is 12. The van der Waals surface area contributed by atoms with E-state index in [2.05, 4.69) is 41.1 Å². The van der Waals surface area contributed by atoms with Gasteiger partial charge in [0.05, 0.1) is 24.1 Å². The monoisotopic (exact) mass is 480 g/mol. The molecule has 0 fully saturated rings. The van der Waals surface area contributed by atoms with E-state index in [1.165, 1.54) is 24.4 Å². The number of thioether (sulfide) groups is 1. The molecule has 8 nitrogen and oxygen atoms in total. The van der Waals surface area contributed by atoms with E-state index in [9.17, 15) is 9.59 Å². The minimum Gasteiger partial charge on any atom is -0.486 e. The van der Waals surface area contributed by atoms with Crippen LogP contribution in [0.1, 0.15) is 35.1 Å². The first kappa shape index (κ1) is 25.0. The summed E-state index contributed by atoms with van der Waals surface area (Å²) in [5.41, 5.74) is 1.96. The third-order valence-corrected chi connectivity index (χ3v) is 5.84. The first-order valence-electron chi connectivity index (χ1n) is 10.9. The Kier molecular flexibility index (Phi) is 9.28. The predicted octanol–water partition coefficient (Wildman–Crippen LogP) is 4.51. The molecule has 0 aliphatic heterocycles. The Morgan fingerprint density at radius 2 is 1.91 bits per heavy atom. The Morgan fingerprint density at radius 1 is 1.15 bits per heavy atom. The third kappa shape index (κ3) is 6.71. The second-order valence-corrected chi connectivity index (χ2v) is 8.30. The van der Waals surface area contributed by atoms with Gasteiger partial charge < -0.3 is 14.8 Å². The highest BCUT2D eigenvalue weighted by atomic mass is 32.2. The van der Waals surface area contributed by atoms with Gasteiger partial charge in [-0.05, 0) is 36.2 Å². The van der Waals surface area contributed by atoms with Crippen molar-refractivity contribution < 1.29 is 19.1 Å². The van der Waals surface area contributed by atoms with Gasteiger partial charge >= 0.3 is 5.97 Å². The molecule has 0 aliphatic rings. The SMILES string of the molecule is C=CCn1c(COc2ccc(CCC)cc2)nnc1SCC(=O)Nc1ccccc1C(=O)OC. The Bertz CT molecular complexity index is 1130. The lowest BCUT2D eigenvalue weighted by Crippen LogP contribution is -2.17. The number of hydrogen-bond donors (Lipinski definition) is 1. The molecule has 1 heterocycles. The van der Waals surface area contributed by atoms with Crippen LogP contribution < -0.4 is 10.1 Å². The highest BCUT2D eigenvalue weighted by molar-refractivity contribution is 7.99. The van der Waals surface area contributed by atoms with Gasteiger partial charge in [0, 0.05) is 6.54 Å². The number of aromatic nitrogens is 3. The number of ether oxygens (including phenoxy) is 2. The van der Waals surface area contributed by atoms with Crippen LogP contribution in [0.15, 0.2) is 66.3 Å². The summed E-state index contributed by atoms with van der Waals surface area (Å²) in [5, 5.41) is 11.8. The van der Waals surface area contributed by atoms with E-state index in [1.54, 1.807) is 30.3 Å². The Hall–Kier alpha value is -3.59. The maximum absolute atomic E-state index is 12.5. The largest absolute Gasteiger partial charge is 0.486 e. The molecule has 1 N–H and O–H groups in total. The lowest BCUT2D eigenvalue weighted by atomic mass is 10.1. The summed E-state index contributed by atoms with van der Waals surface area (Å²) in [5.74, 6) is 0.686. The molecule has 3 aromatic rings. The molecule has 0 saturated heterocycles. The van der Waals surface area contributed by atoms with Gasteiger partial charge in [-0.15, -0.1) is 16.8 Å². The van der Waals surface area contributed by atoms with Gasteiger partial charge in [0.15, 0.2) is 11.0 Å². The molecule has 1 amide bonds. The van der Waals surface area contributed by atoms with Crippen molar-refractivity contribution in [2.75, 3.05) is 18.2 Å². The topological polar surface area (TPSA) is 95.3 Å². The molecule has 0 aliphatic carbocycles. The molecule has 0 bridgehead atoms. The normalized spacial score (nSPS) is 10.5. The number of benzene rings is 2. The van der Waals surface area contributed by atoms with Crippen LogP contribution in [0.25, 0.3) is 0 Å². The van der Waals surface area contributed by atoms with Gasteiger partial charge in [-0.2, -0.15) is 0 Å². The van der Waals surface area contributed by atoms with Crippen LogP contribution in [-0.2, 0) is 29.1 Å². The number of allylic oxidation sites excluding steroid dienone is 1. The van der Waals surface area contributed by atoms with Gasteiger partial charge in [0.2, 0.25) is 5.91 Å². The van der Waals surface area contributed by atoms with E-state index < -0.39 is 5.97 Å². The summed E-state index contributed by atoms with van der Waals surface area (Å²) >= 11 is 1.24. The van der Waals surface area contributed by atoms with Crippen molar-refractivity contribution >= 4 is 29.3 Å². The Morgan fingerprint density at radius 3 is 2.62 bits per heavy atom. The molecule has 0 spiro atoms. The third-order valence-electron chi connectivity index (χ3n) is 4.87. The summed E-state index contributed by atoms with van der Waals surface area (Å²) in [6.07, 6.45) is 3.88. The first-order valence-corrected chi connectivity index (χ1v) is 11.9. The quantitative estimate of drug-likeness (QED) is 0.231. The zero-order chi connectivity index (χ0) is 24.3. The van der Waals surface area contributed by atoms with Crippen molar-refractivity contribution in [2.45, 2.75) is 38.1 Å². The van der Waals surface area contributed by atoms with Crippen LogP contribution in [0.5, 0.6) is 5.75 Å². The van der Waals surface area contributed by atoms with Gasteiger partial charge in [-0.3, -0.25) is 9.36 Å². The molecule has 3 rings (SSSR count). The van der Waals surface area contributed by atoms with Crippen LogP contribution in [-0.4, -0.2) is 39.5 Å². The summed E-state index contributed by atoms with van der Waals surface area (Å²) < 4.78 is 12.5. The van der Waals surface area contributed by atoms with Crippen molar-refractivity contribution in [3.63, 3.8) is 0 Å². The second-order valence-electron chi connectivity index (χ2n) is 7.35. The second kappa shape index (κ2) is 12.6. The number of nitrogens with one attached hydrogen (secondary N) is 1. The van der Waals surface area contributed by atoms with E-state index in [4.69, 9.17) is 9.47 Å². The average Bonchev–Trinajstić information content (AvgIpc) is 3.24. The van der Waals surface area contributed by atoms with Crippen LogP contribution in [0.4, 0.5) is 5.69 Å². The maximum atomic E-state index is 12.5. The van der Waals surface area contributed by atoms with Gasteiger partial charge in [0.25, 0.3) is 0 Å². The van der Waals surface area contributed by atoms with Crippen molar-refractivity contribution in [1.82, 2.24) is 14.8 Å². The Labute approximate surface area is 203 Å². The maximum Gasteiger partial charge on any atom is 0.339 e. The molecule has 0 atom stereocenters. The van der Waals surface area contributed by atoms with Crippen molar-refractivity contribution in [3.05, 3.63) is 78.1 Å². The fourth-order valence-electron chi connectivity index (χ4n) is 3.23. The lowest BCUT2D eigenvalue weighted by Gasteiger charge is -2.11. The van der Waals surface area contributed by atoms with Crippen LogP contribution >= 0.6 is 11.8 Å². The smallest absolute Gasteiger partial charge is 0.339 e. The summed E-state index contributed by atoms with van der Waals surface area (Å²) in [6, 6.07) is 14.7. The van der Waals surface area contributed by atoms with E-state index in [1.807, 2.05) is 16.7 Å². The Balaban J connectivity index is 1.61. The molecule has 9 heteroatoms. The molecule has 0 radical (unpaired) electrons. The van der Waals surface area contributed by atoms with Gasteiger partial charge in [-0.1, -0.05) is 55.4 Å². The predicted molar refractivity (Wildman–Crippen MR) is 132 cm³/mol. The van der Waals surface area contributed by atoms with E-state index in [0.717, 1.165) is 18.6 Å². The molecule has 34 heavy (non-hydrogen) atoms. The molecular weight excluding hydrogens is 452 g/mol. The van der Waals surface area contributed by atoms with Crippen molar-refractivity contribution in [1.29, 1.82) is 0 Å². The number of esters is 1. The van der Waals surface area contributed by atoms with Gasteiger partial charge in [-0.25, -0.2) is 4.79 Å². The molecule has 0 saturated carbocycles. The van der Waals surface area contributed by atoms with Crippen molar-refractivity contribution in [3.8, 4) is 5.75 Å². The van der Waals surface area contributed by atoms with Crippen molar-refractivity contribution in [2.24, 2.45) is 0 Å². The zero-order valence-corrected chi connectivity index (χ0v) is 20.1. The number of carbonyl (C=O) groups excluding carboxylic acids is 2. The van der Waals surface area contributed by atoms with E-state index in [0.29, 0.717) is 28.8 Å². The molecule has 178 valence electrons. The average molecular weight is 481 g/mol. The van der Waals surface area contributed by atoms with E-state index >= 15 is 0 Å². The minimum atomic E-state index is -0.515. The number of para-hydroxylation sites is 1. The molecule has 1 aromatic heterocycles. The summed E-state index contributed by atoms with van der Waals surface area (Å²) in [4.78, 5) is 24.4. The molecule has 2 aromatic carbocycles. The standard InChI is InChI=1S/C25H28N4O4S/c1-4-8-18-11-13-19(14-12-18)33-16-22-27-28-25(29(22)15-5-2)34-17-23(30)26-21-10-7-6-9-20(21)24(31)32-3/h5-7,9-14H,2,4,8,15-17H2,1,3H3,(H,26,30). The number of nitrogens with zero attached hydrogens (tertiary/aromatic N) is 3. The lowest BCUT2D eigenvalue weighted by molar-refractivity contribution is -0.113. The highest BCUT2D eigenvalue weighted by Gasteiger charge is 2.16. The fourth-order valence-corrected chi connectivity index (χ4v) is 4.00.